The van der Waals surface area contributed by atoms with Crippen LogP contribution in [0.2, 0.25) is 0 Å². The van der Waals surface area contributed by atoms with Gasteiger partial charge in [-0.3, -0.25) is 4.79 Å². The Kier molecular flexibility index (Phi) is 3.31. The van der Waals surface area contributed by atoms with Gasteiger partial charge < -0.3 is 10.4 Å². The van der Waals surface area contributed by atoms with E-state index in [-0.39, 0.29) is 17.2 Å². The van der Waals surface area contributed by atoms with Gasteiger partial charge >= 0.3 is 0 Å². The van der Waals surface area contributed by atoms with Crippen LogP contribution in [0.4, 0.5) is 0 Å². The molecule has 96 valence electrons. The SMILES string of the molecule is O=C(N[C@@H]1c2ccccc2C[C@@H]1O)C1CCCS1. The maximum Gasteiger partial charge on any atom is 0.233 e. The minimum Gasteiger partial charge on any atom is -0.390 e. The third-order valence-electron chi connectivity index (χ3n) is 3.72. The van der Waals surface area contributed by atoms with Gasteiger partial charge in [0.15, 0.2) is 0 Å². The van der Waals surface area contributed by atoms with Gasteiger partial charge in [0, 0.05) is 6.42 Å². The van der Waals surface area contributed by atoms with E-state index in [1.807, 2.05) is 24.3 Å². The first-order chi connectivity index (χ1) is 8.75. The average Bonchev–Trinajstić information content (AvgIpc) is 2.98. The molecule has 1 aromatic rings. The number of aliphatic hydroxyl groups excluding tert-OH is 1. The number of hydrogen-bond acceptors (Lipinski definition) is 3. The Labute approximate surface area is 111 Å². The number of carbonyl (C=O) groups excluding carboxylic acids is 1. The molecule has 2 aliphatic rings. The molecule has 0 saturated carbocycles. The molecule has 3 atom stereocenters. The fourth-order valence-corrected chi connectivity index (χ4v) is 3.95. The Morgan fingerprint density at radius 2 is 2.22 bits per heavy atom. The lowest BCUT2D eigenvalue weighted by Crippen LogP contribution is -2.38. The van der Waals surface area contributed by atoms with Crippen LogP contribution in [0, 0.1) is 0 Å². The molecule has 0 radical (unpaired) electrons. The van der Waals surface area contributed by atoms with Crippen molar-refractivity contribution in [3.63, 3.8) is 0 Å². The van der Waals surface area contributed by atoms with Crippen molar-refractivity contribution >= 4 is 17.7 Å². The van der Waals surface area contributed by atoms with Gasteiger partial charge in [-0.1, -0.05) is 24.3 Å². The molecule has 0 spiro atoms. The Morgan fingerprint density at radius 1 is 1.39 bits per heavy atom. The molecular formula is C14H17NO2S. The largest absolute Gasteiger partial charge is 0.390 e. The first-order valence-electron chi connectivity index (χ1n) is 6.43. The van der Waals surface area contributed by atoms with Gasteiger partial charge in [0.25, 0.3) is 0 Å². The number of amides is 1. The van der Waals surface area contributed by atoms with Crippen molar-refractivity contribution < 1.29 is 9.90 Å². The van der Waals surface area contributed by atoms with Gasteiger partial charge in [-0.05, 0) is 29.7 Å². The lowest BCUT2D eigenvalue weighted by atomic mass is 10.1. The van der Waals surface area contributed by atoms with Crippen LogP contribution in [0.15, 0.2) is 24.3 Å². The van der Waals surface area contributed by atoms with Crippen LogP contribution >= 0.6 is 11.8 Å². The Hall–Kier alpha value is -1.00. The average molecular weight is 263 g/mol. The van der Waals surface area contributed by atoms with Crippen LogP contribution < -0.4 is 5.32 Å². The minimum atomic E-state index is -0.488. The Balaban J connectivity index is 1.74. The van der Waals surface area contributed by atoms with Crippen LogP contribution in [-0.4, -0.2) is 28.1 Å². The Morgan fingerprint density at radius 3 is 3.00 bits per heavy atom. The third-order valence-corrected chi connectivity index (χ3v) is 5.10. The van der Waals surface area contributed by atoms with Gasteiger partial charge in [0.05, 0.1) is 17.4 Å². The fraction of sp³-hybridized carbons (Fsp3) is 0.500. The minimum absolute atomic E-state index is 0.0740. The summed E-state index contributed by atoms with van der Waals surface area (Å²) < 4.78 is 0. The Bertz CT molecular complexity index is 457. The van der Waals surface area contributed by atoms with Crippen LogP contribution in [0.5, 0.6) is 0 Å². The van der Waals surface area contributed by atoms with Crippen molar-refractivity contribution in [3.8, 4) is 0 Å². The van der Waals surface area contributed by atoms with E-state index in [0.29, 0.717) is 6.42 Å². The molecule has 1 saturated heterocycles. The number of carbonyl (C=O) groups is 1. The molecule has 1 heterocycles. The third kappa shape index (κ3) is 2.15. The smallest absolute Gasteiger partial charge is 0.233 e. The molecule has 1 fully saturated rings. The lowest BCUT2D eigenvalue weighted by molar-refractivity contribution is -0.122. The highest BCUT2D eigenvalue weighted by Gasteiger charge is 2.34. The maximum absolute atomic E-state index is 12.1. The summed E-state index contributed by atoms with van der Waals surface area (Å²) in [5.41, 5.74) is 2.22. The second kappa shape index (κ2) is 4.94. The molecule has 1 aromatic carbocycles. The van der Waals surface area contributed by atoms with Gasteiger partial charge in [-0.25, -0.2) is 0 Å². The topological polar surface area (TPSA) is 49.3 Å². The van der Waals surface area contributed by atoms with Crippen LogP contribution in [0.1, 0.15) is 30.0 Å². The van der Waals surface area contributed by atoms with Gasteiger partial charge in [-0.15, -0.1) is 11.8 Å². The molecule has 3 rings (SSSR count). The normalized spacial score (nSPS) is 30.2. The summed E-state index contributed by atoms with van der Waals surface area (Å²) in [6, 6.07) is 7.73. The summed E-state index contributed by atoms with van der Waals surface area (Å²) in [6.07, 6.45) is 2.23. The molecule has 1 aliphatic carbocycles. The van der Waals surface area contributed by atoms with E-state index in [4.69, 9.17) is 0 Å². The van der Waals surface area contributed by atoms with Gasteiger partial charge in [0.1, 0.15) is 0 Å². The number of hydrogen-bond donors (Lipinski definition) is 2. The first-order valence-corrected chi connectivity index (χ1v) is 7.48. The second-order valence-corrected chi connectivity index (χ2v) is 6.27. The highest BCUT2D eigenvalue weighted by molar-refractivity contribution is 8.00. The summed E-state index contributed by atoms with van der Waals surface area (Å²) in [5.74, 6) is 1.15. The summed E-state index contributed by atoms with van der Waals surface area (Å²) >= 11 is 1.72. The number of aliphatic hydroxyl groups is 1. The second-order valence-electron chi connectivity index (χ2n) is 4.96. The highest BCUT2D eigenvalue weighted by atomic mass is 32.2. The van der Waals surface area contributed by atoms with E-state index in [0.717, 1.165) is 29.7 Å². The summed E-state index contributed by atoms with van der Waals surface area (Å²) in [6.45, 7) is 0. The zero-order valence-corrected chi connectivity index (χ0v) is 11.0. The molecule has 3 nitrogen and oxygen atoms in total. The van der Waals surface area contributed by atoms with E-state index in [1.165, 1.54) is 0 Å². The number of nitrogens with one attached hydrogen (secondary N) is 1. The molecule has 2 N–H and O–H groups in total. The molecule has 4 heteroatoms. The summed E-state index contributed by atoms with van der Waals surface area (Å²) in [4.78, 5) is 12.1. The van der Waals surface area contributed by atoms with Crippen molar-refractivity contribution in [2.24, 2.45) is 0 Å². The van der Waals surface area contributed by atoms with E-state index in [1.54, 1.807) is 11.8 Å². The summed E-state index contributed by atoms with van der Waals surface area (Å²) in [7, 11) is 0. The van der Waals surface area contributed by atoms with Crippen molar-refractivity contribution in [2.45, 2.75) is 36.7 Å². The predicted octanol–water partition coefficient (Wildman–Crippen LogP) is 1.66. The van der Waals surface area contributed by atoms with E-state index in [2.05, 4.69) is 5.32 Å². The zero-order valence-electron chi connectivity index (χ0n) is 10.1. The quantitative estimate of drug-likeness (QED) is 0.853. The van der Waals surface area contributed by atoms with Crippen molar-refractivity contribution in [1.29, 1.82) is 0 Å². The van der Waals surface area contributed by atoms with E-state index >= 15 is 0 Å². The van der Waals surface area contributed by atoms with Gasteiger partial charge in [-0.2, -0.15) is 0 Å². The zero-order chi connectivity index (χ0) is 12.5. The van der Waals surface area contributed by atoms with E-state index in [9.17, 15) is 9.90 Å². The van der Waals surface area contributed by atoms with Crippen LogP contribution in [0.25, 0.3) is 0 Å². The number of thioether (sulfide) groups is 1. The number of benzene rings is 1. The van der Waals surface area contributed by atoms with Crippen molar-refractivity contribution in [2.75, 3.05) is 5.75 Å². The van der Waals surface area contributed by atoms with Crippen LogP contribution in [-0.2, 0) is 11.2 Å². The molecule has 0 bridgehead atoms. The molecule has 1 aliphatic heterocycles. The van der Waals surface area contributed by atoms with Crippen molar-refractivity contribution in [3.05, 3.63) is 35.4 Å². The highest BCUT2D eigenvalue weighted by Crippen LogP contribution is 2.33. The predicted molar refractivity (Wildman–Crippen MR) is 72.5 cm³/mol. The first kappa shape index (κ1) is 12.1. The molecule has 1 amide bonds. The molecule has 0 aromatic heterocycles. The van der Waals surface area contributed by atoms with Crippen LogP contribution in [0.3, 0.4) is 0 Å². The molecule has 18 heavy (non-hydrogen) atoms. The molecular weight excluding hydrogens is 246 g/mol. The van der Waals surface area contributed by atoms with Gasteiger partial charge in [0.2, 0.25) is 5.91 Å². The lowest BCUT2D eigenvalue weighted by Gasteiger charge is -2.20. The maximum atomic E-state index is 12.1. The van der Waals surface area contributed by atoms with Crippen molar-refractivity contribution in [1.82, 2.24) is 5.32 Å². The molecule has 1 unspecified atom stereocenters. The summed E-state index contributed by atoms with van der Waals surface area (Å²) in [5, 5.41) is 13.2. The number of fused-ring (bicyclic) bond motifs is 1. The monoisotopic (exact) mass is 263 g/mol. The standard InChI is InChI=1S/C14H17NO2S/c16-11-8-9-4-1-2-5-10(9)13(11)15-14(17)12-6-3-7-18-12/h1-2,4-5,11-13,16H,3,6-8H2,(H,15,17)/t11-,12?,13+/m0/s1. The number of rotatable bonds is 2. The fourth-order valence-electron chi connectivity index (χ4n) is 2.78. The van der Waals surface area contributed by atoms with E-state index < -0.39 is 6.10 Å².